The molecule has 1 aromatic rings. The minimum Gasteiger partial charge on any atom is -0.389 e. The van der Waals surface area contributed by atoms with Gasteiger partial charge in [0.1, 0.15) is 4.99 Å². The average molecular weight is 334 g/mol. The van der Waals surface area contributed by atoms with Crippen molar-refractivity contribution in [2.75, 3.05) is 23.7 Å². The zero-order valence-electron chi connectivity index (χ0n) is 11.8. The second-order valence-corrected chi connectivity index (χ2v) is 7.86. The van der Waals surface area contributed by atoms with Crippen LogP contribution in [0.3, 0.4) is 0 Å². The molecule has 0 aliphatic carbocycles. The van der Waals surface area contributed by atoms with E-state index in [0.717, 1.165) is 30.6 Å². The molecule has 0 bridgehead atoms. The van der Waals surface area contributed by atoms with Crippen molar-refractivity contribution >= 4 is 34.7 Å². The van der Waals surface area contributed by atoms with E-state index < -0.39 is 11.7 Å². The topological polar surface area (TPSA) is 29.3 Å². The number of thiocarbonyl (C=S) groups is 1. The van der Waals surface area contributed by atoms with Crippen LogP contribution in [0.2, 0.25) is 0 Å². The van der Waals surface area contributed by atoms with E-state index in [-0.39, 0.29) is 15.3 Å². The molecule has 116 valence electrons. The molecule has 21 heavy (non-hydrogen) atoms. The number of benzene rings is 1. The Balaban J connectivity index is 2.39. The van der Waals surface area contributed by atoms with Gasteiger partial charge in [-0.3, -0.25) is 0 Å². The Bertz CT molecular complexity index is 556. The molecular formula is C14H17F3N2S2. The van der Waals surface area contributed by atoms with Crippen LogP contribution in [0.1, 0.15) is 25.0 Å². The number of halogens is 3. The van der Waals surface area contributed by atoms with Gasteiger partial charge in [-0.1, -0.05) is 12.2 Å². The Morgan fingerprint density at radius 3 is 2.57 bits per heavy atom. The van der Waals surface area contributed by atoms with E-state index in [2.05, 4.69) is 18.7 Å². The van der Waals surface area contributed by atoms with Crippen molar-refractivity contribution in [3.05, 3.63) is 29.3 Å². The lowest BCUT2D eigenvalue weighted by atomic mass is 10.0. The molecule has 1 fully saturated rings. The first-order valence-corrected chi connectivity index (χ1v) is 7.89. The van der Waals surface area contributed by atoms with Crippen LogP contribution in [0.25, 0.3) is 0 Å². The SMILES string of the molecule is CC1(C)CN(c2ccc(C(F)(F)F)c(C(N)=S)c2)CCS1. The summed E-state index contributed by atoms with van der Waals surface area (Å²) in [4.78, 5) is 1.85. The molecule has 1 saturated heterocycles. The van der Waals surface area contributed by atoms with E-state index >= 15 is 0 Å². The lowest BCUT2D eigenvalue weighted by molar-refractivity contribution is -0.137. The smallest absolute Gasteiger partial charge is 0.389 e. The fourth-order valence-electron chi connectivity index (χ4n) is 2.42. The van der Waals surface area contributed by atoms with E-state index in [9.17, 15) is 13.2 Å². The Hall–Kier alpha value is -0.950. The summed E-state index contributed by atoms with van der Waals surface area (Å²) in [5.74, 6) is 0.941. The third-order valence-corrected chi connectivity index (χ3v) is 4.88. The summed E-state index contributed by atoms with van der Waals surface area (Å²) >= 11 is 6.64. The largest absolute Gasteiger partial charge is 0.417 e. The zero-order valence-corrected chi connectivity index (χ0v) is 13.5. The van der Waals surface area contributed by atoms with Crippen LogP contribution < -0.4 is 10.6 Å². The van der Waals surface area contributed by atoms with E-state index in [1.54, 1.807) is 0 Å². The summed E-state index contributed by atoms with van der Waals surface area (Å²) < 4.78 is 39.0. The second-order valence-electron chi connectivity index (χ2n) is 5.62. The first-order valence-electron chi connectivity index (χ1n) is 6.50. The monoisotopic (exact) mass is 334 g/mol. The number of nitrogens with two attached hydrogens (primary N) is 1. The van der Waals surface area contributed by atoms with Crippen LogP contribution >= 0.6 is 24.0 Å². The summed E-state index contributed by atoms with van der Waals surface area (Å²) in [7, 11) is 0. The van der Waals surface area contributed by atoms with Crippen molar-refractivity contribution in [1.82, 2.24) is 0 Å². The molecule has 1 heterocycles. The van der Waals surface area contributed by atoms with Gasteiger partial charge in [-0.2, -0.15) is 24.9 Å². The Kier molecular flexibility index (Phi) is 4.44. The normalized spacial score (nSPS) is 18.6. The molecule has 0 unspecified atom stereocenters. The predicted octanol–water partition coefficient (Wildman–Crippen LogP) is 3.67. The fraction of sp³-hybridized carbons (Fsp3) is 0.500. The van der Waals surface area contributed by atoms with Crippen molar-refractivity contribution in [2.24, 2.45) is 5.73 Å². The van der Waals surface area contributed by atoms with Crippen molar-refractivity contribution < 1.29 is 13.2 Å². The highest BCUT2D eigenvalue weighted by Crippen LogP contribution is 2.36. The minimum atomic E-state index is -4.45. The average Bonchev–Trinajstić information content (AvgIpc) is 2.35. The maximum absolute atomic E-state index is 13.0. The van der Waals surface area contributed by atoms with Crippen LogP contribution in [0.4, 0.5) is 18.9 Å². The lowest BCUT2D eigenvalue weighted by Gasteiger charge is -2.39. The van der Waals surface area contributed by atoms with Gasteiger partial charge in [-0.25, -0.2) is 0 Å². The molecule has 1 aromatic carbocycles. The maximum atomic E-state index is 13.0. The Morgan fingerprint density at radius 2 is 2.05 bits per heavy atom. The van der Waals surface area contributed by atoms with Crippen LogP contribution in [-0.2, 0) is 6.18 Å². The number of alkyl halides is 3. The molecule has 0 amide bonds. The lowest BCUT2D eigenvalue weighted by Crippen LogP contribution is -2.43. The molecule has 0 atom stereocenters. The van der Waals surface area contributed by atoms with Crippen molar-refractivity contribution in [1.29, 1.82) is 0 Å². The van der Waals surface area contributed by atoms with Gasteiger partial charge in [0.2, 0.25) is 0 Å². The van der Waals surface area contributed by atoms with Gasteiger partial charge in [0.25, 0.3) is 0 Å². The summed E-state index contributed by atoms with van der Waals surface area (Å²) in [6.45, 7) is 5.83. The van der Waals surface area contributed by atoms with Crippen molar-refractivity contribution in [3.8, 4) is 0 Å². The van der Waals surface area contributed by atoms with Gasteiger partial charge >= 0.3 is 6.18 Å². The summed E-state index contributed by atoms with van der Waals surface area (Å²) in [6.07, 6.45) is -4.45. The molecule has 2 nitrogen and oxygen atoms in total. The van der Waals surface area contributed by atoms with E-state index in [1.807, 2.05) is 11.8 Å². The predicted molar refractivity (Wildman–Crippen MR) is 86.1 cm³/mol. The Labute approximate surface area is 131 Å². The highest BCUT2D eigenvalue weighted by molar-refractivity contribution is 8.00. The first-order chi connectivity index (χ1) is 9.60. The van der Waals surface area contributed by atoms with Gasteiger partial charge in [0.15, 0.2) is 0 Å². The fourth-order valence-corrected chi connectivity index (χ4v) is 3.70. The molecule has 1 aliphatic heterocycles. The quantitative estimate of drug-likeness (QED) is 0.836. The second kappa shape index (κ2) is 5.68. The van der Waals surface area contributed by atoms with Gasteiger partial charge in [0, 0.05) is 34.8 Å². The molecule has 0 radical (unpaired) electrons. The van der Waals surface area contributed by atoms with Crippen LogP contribution in [-0.4, -0.2) is 28.6 Å². The summed E-state index contributed by atoms with van der Waals surface area (Å²) in [6, 6.07) is 4.02. The standard InChI is InChI=1S/C14H17F3N2S2/c1-13(2)8-19(5-6-21-13)9-3-4-11(14(15,16)17)10(7-9)12(18)20/h3-4,7H,5-6,8H2,1-2H3,(H2,18,20). The van der Waals surface area contributed by atoms with Gasteiger partial charge in [-0.05, 0) is 32.0 Å². The Morgan fingerprint density at radius 1 is 1.38 bits per heavy atom. The van der Waals surface area contributed by atoms with Gasteiger partial charge < -0.3 is 10.6 Å². The van der Waals surface area contributed by atoms with Crippen LogP contribution in [0.15, 0.2) is 18.2 Å². The number of hydrogen-bond acceptors (Lipinski definition) is 3. The third kappa shape index (κ3) is 3.83. The summed E-state index contributed by atoms with van der Waals surface area (Å²) in [5.41, 5.74) is 5.33. The zero-order chi connectivity index (χ0) is 15.8. The van der Waals surface area contributed by atoms with Gasteiger partial charge in [0.05, 0.1) is 5.56 Å². The van der Waals surface area contributed by atoms with E-state index in [1.165, 1.54) is 12.1 Å². The first kappa shape index (κ1) is 16.4. The van der Waals surface area contributed by atoms with E-state index in [4.69, 9.17) is 18.0 Å². The number of thioether (sulfide) groups is 1. The molecular weight excluding hydrogens is 317 g/mol. The molecule has 7 heteroatoms. The number of anilines is 1. The number of nitrogens with zero attached hydrogens (tertiary/aromatic N) is 1. The van der Waals surface area contributed by atoms with E-state index in [0.29, 0.717) is 0 Å². The highest BCUT2D eigenvalue weighted by atomic mass is 32.2. The molecule has 0 aromatic heterocycles. The molecule has 2 N–H and O–H groups in total. The minimum absolute atomic E-state index is 0.0737. The molecule has 1 aliphatic rings. The molecule has 0 spiro atoms. The number of hydrogen-bond donors (Lipinski definition) is 1. The molecule has 0 saturated carbocycles. The maximum Gasteiger partial charge on any atom is 0.417 e. The van der Waals surface area contributed by atoms with Crippen molar-refractivity contribution in [2.45, 2.75) is 24.8 Å². The van der Waals surface area contributed by atoms with Crippen LogP contribution in [0.5, 0.6) is 0 Å². The third-order valence-electron chi connectivity index (χ3n) is 3.36. The van der Waals surface area contributed by atoms with Gasteiger partial charge in [-0.15, -0.1) is 0 Å². The number of rotatable bonds is 2. The molecule has 2 rings (SSSR count). The van der Waals surface area contributed by atoms with Crippen LogP contribution in [0, 0.1) is 0 Å². The highest BCUT2D eigenvalue weighted by Gasteiger charge is 2.35. The summed E-state index contributed by atoms with van der Waals surface area (Å²) in [5, 5.41) is 0. The van der Waals surface area contributed by atoms with Crippen molar-refractivity contribution in [3.63, 3.8) is 0 Å².